The highest BCUT2D eigenvalue weighted by molar-refractivity contribution is 5.38. The van der Waals surface area contributed by atoms with E-state index in [0.29, 0.717) is 11.1 Å². The van der Waals surface area contributed by atoms with Crippen LogP contribution in [0.3, 0.4) is 0 Å². The van der Waals surface area contributed by atoms with Crippen molar-refractivity contribution in [1.29, 1.82) is 0 Å². The summed E-state index contributed by atoms with van der Waals surface area (Å²) in [6, 6.07) is 5.40. The predicted molar refractivity (Wildman–Crippen MR) is 68.4 cm³/mol. The van der Waals surface area contributed by atoms with Crippen molar-refractivity contribution in [2.75, 3.05) is 7.05 Å². The number of rotatable bonds is 3. The second-order valence-corrected chi connectivity index (χ2v) is 4.49. The third-order valence-electron chi connectivity index (χ3n) is 3.21. The molecule has 0 radical (unpaired) electrons. The first-order chi connectivity index (χ1) is 9.45. The Balaban J connectivity index is 2.55. The molecule has 1 unspecified atom stereocenters. The fraction of sp³-hybridized carbons (Fsp3) is 0.200. The molecular weight excluding hydrogens is 270 g/mol. The van der Waals surface area contributed by atoms with Crippen molar-refractivity contribution < 1.29 is 17.6 Å². The summed E-state index contributed by atoms with van der Waals surface area (Å²) in [4.78, 5) is 0. The van der Waals surface area contributed by atoms with Crippen molar-refractivity contribution in [3.8, 4) is 0 Å². The van der Waals surface area contributed by atoms with Gasteiger partial charge >= 0.3 is 0 Å². The van der Waals surface area contributed by atoms with Gasteiger partial charge in [0.25, 0.3) is 0 Å². The zero-order valence-corrected chi connectivity index (χ0v) is 11.0. The lowest BCUT2D eigenvalue weighted by molar-refractivity contribution is 0.435. The largest absolute Gasteiger partial charge is 0.309 e. The zero-order chi connectivity index (χ0) is 14.9. The van der Waals surface area contributed by atoms with Gasteiger partial charge in [0.1, 0.15) is 5.82 Å². The smallest absolute Gasteiger partial charge is 0.194 e. The number of hydrogen-bond donors (Lipinski definition) is 1. The van der Waals surface area contributed by atoms with E-state index in [-0.39, 0.29) is 5.56 Å². The highest BCUT2D eigenvalue weighted by Crippen LogP contribution is 2.28. The van der Waals surface area contributed by atoms with Crippen LogP contribution in [0.25, 0.3) is 0 Å². The molecule has 2 aromatic carbocycles. The van der Waals surface area contributed by atoms with E-state index < -0.39 is 29.3 Å². The molecule has 1 N–H and O–H groups in total. The summed E-state index contributed by atoms with van der Waals surface area (Å²) in [5.41, 5.74) is 1.16. The summed E-state index contributed by atoms with van der Waals surface area (Å²) in [6.07, 6.45) is 0. The maximum atomic E-state index is 13.9. The molecule has 0 saturated carbocycles. The van der Waals surface area contributed by atoms with E-state index in [1.807, 2.05) is 0 Å². The lowest BCUT2D eigenvalue weighted by atomic mass is 9.94. The first-order valence-electron chi connectivity index (χ1n) is 6.02. The first kappa shape index (κ1) is 14.5. The van der Waals surface area contributed by atoms with Crippen LogP contribution >= 0.6 is 0 Å². The van der Waals surface area contributed by atoms with E-state index in [4.69, 9.17) is 0 Å². The fourth-order valence-electron chi connectivity index (χ4n) is 2.21. The minimum Gasteiger partial charge on any atom is -0.309 e. The van der Waals surface area contributed by atoms with Gasteiger partial charge < -0.3 is 5.32 Å². The molecule has 0 fully saturated rings. The summed E-state index contributed by atoms with van der Waals surface area (Å²) in [7, 11) is 1.56. The van der Waals surface area contributed by atoms with Crippen LogP contribution in [-0.4, -0.2) is 7.05 Å². The second kappa shape index (κ2) is 5.63. The van der Waals surface area contributed by atoms with Crippen LogP contribution in [0.4, 0.5) is 17.6 Å². The van der Waals surface area contributed by atoms with Crippen molar-refractivity contribution in [3.63, 3.8) is 0 Å². The highest BCUT2D eigenvalue weighted by atomic mass is 19.2. The summed E-state index contributed by atoms with van der Waals surface area (Å²) in [6.45, 7) is 1.67. The standard InChI is InChI=1S/C15H13F4N/c1-8-7-9(16)3-4-10(8)15(20-2)11-5-6-12(17)14(19)13(11)18/h3-7,15,20H,1-2H3. The van der Waals surface area contributed by atoms with Gasteiger partial charge in [0.15, 0.2) is 17.5 Å². The van der Waals surface area contributed by atoms with Gasteiger partial charge in [0.05, 0.1) is 6.04 Å². The molecule has 0 aliphatic heterocycles. The maximum Gasteiger partial charge on any atom is 0.194 e. The molecule has 0 amide bonds. The minimum absolute atomic E-state index is 0.0268. The number of hydrogen-bond acceptors (Lipinski definition) is 1. The number of benzene rings is 2. The van der Waals surface area contributed by atoms with Crippen LogP contribution in [0.1, 0.15) is 22.7 Å². The topological polar surface area (TPSA) is 12.0 Å². The molecule has 0 aliphatic carbocycles. The van der Waals surface area contributed by atoms with Crippen LogP contribution in [0.5, 0.6) is 0 Å². The van der Waals surface area contributed by atoms with Crippen molar-refractivity contribution in [2.45, 2.75) is 13.0 Å². The quantitative estimate of drug-likeness (QED) is 0.666. The van der Waals surface area contributed by atoms with Gasteiger partial charge in [-0.3, -0.25) is 0 Å². The lowest BCUT2D eigenvalue weighted by Crippen LogP contribution is -2.20. The Labute approximate surface area is 114 Å². The Hall–Kier alpha value is -1.88. The van der Waals surface area contributed by atoms with Crippen LogP contribution in [0.15, 0.2) is 30.3 Å². The molecule has 1 nitrogen and oxygen atoms in total. The van der Waals surface area contributed by atoms with Crippen LogP contribution in [0.2, 0.25) is 0 Å². The molecular formula is C15H13F4N. The number of aryl methyl sites for hydroxylation is 1. The molecule has 20 heavy (non-hydrogen) atoms. The van der Waals surface area contributed by atoms with Gasteiger partial charge in [-0.1, -0.05) is 12.1 Å². The Morgan fingerprint density at radius 2 is 1.55 bits per heavy atom. The van der Waals surface area contributed by atoms with Crippen LogP contribution < -0.4 is 5.32 Å². The molecule has 5 heteroatoms. The van der Waals surface area contributed by atoms with E-state index in [0.717, 1.165) is 6.07 Å². The van der Waals surface area contributed by atoms with Gasteiger partial charge in [-0.25, -0.2) is 17.6 Å². The van der Waals surface area contributed by atoms with Crippen molar-refractivity contribution in [2.24, 2.45) is 0 Å². The molecule has 0 heterocycles. The van der Waals surface area contributed by atoms with Gasteiger partial charge in [-0.05, 0) is 43.3 Å². The van der Waals surface area contributed by atoms with E-state index in [9.17, 15) is 17.6 Å². The van der Waals surface area contributed by atoms with Crippen molar-refractivity contribution in [3.05, 3.63) is 70.3 Å². The fourth-order valence-corrected chi connectivity index (χ4v) is 2.21. The predicted octanol–water partition coefficient (Wildman–Crippen LogP) is 3.86. The average molecular weight is 283 g/mol. The number of nitrogens with one attached hydrogen (secondary N) is 1. The van der Waals surface area contributed by atoms with Gasteiger partial charge in [0.2, 0.25) is 0 Å². The lowest BCUT2D eigenvalue weighted by Gasteiger charge is -2.20. The Bertz CT molecular complexity index is 640. The third-order valence-corrected chi connectivity index (χ3v) is 3.21. The van der Waals surface area contributed by atoms with Crippen LogP contribution in [0, 0.1) is 30.2 Å². The number of halogens is 4. The molecule has 0 aliphatic rings. The van der Waals surface area contributed by atoms with Crippen molar-refractivity contribution >= 4 is 0 Å². The average Bonchev–Trinajstić information content (AvgIpc) is 2.41. The third kappa shape index (κ3) is 2.54. The molecule has 0 saturated heterocycles. The maximum absolute atomic E-state index is 13.9. The molecule has 2 rings (SSSR count). The van der Waals surface area contributed by atoms with Crippen molar-refractivity contribution in [1.82, 2.24) is 5.32 Å². The second-order valence-electron chi connectivity index (χ2n) is 4.49. The van der Waals surface area contributed by atoms with Crippen LogP contribution in [-0.2, 0) is 0 Å². The summed E-state index contributed by atoms with van der Waals surface area (Å²) >= 11 is 0. The Morgan fingerprint density at radius 3 is 2.15 bits per heavy atom. The van der Waals surface area contributed by atoms with E-state index in [1.54, 1.807) is 14.0 Å². The minimum atomic E-state index is -1.51. The Morgan fingerprint density at radius 1 is 0.900 bits per heavy atom. The molecule has 0 aromatic heterocycles. The van der Waals surface area contributed by atoms with Gasteiger partial charge in [-0.15, -0.1) is 0 Å². The van der Waals surface area contributed by atoms with E-state index in [1.165, 1.54) is 24.3 Å². The summed E-state index contributed by atoms with van der Waals surface area (Å²) < 4.78 is 53.3. The Kier molecular flexibility index (Phi) is 4.09. The zero-order valence-electron chi connectivity index (χ0n) is 11.0. The molecule has 1 atom stereocenters. The van der Waals surface area contributed by atoms with Gasteiger partial charge in [0, 0.05) is 5.56 Å². The molecule has 0 spiro atoms. The SMILES string of the molecule is CNC(c1ccc(F)cc1C)c1ccc(F)c(F)c1F. The van der Waals surface area contributed by atoms with E-state index in [2.05, 4.69) is 5.32 Å². The summed E-state index contributed by atoms with van der Waals surface area (Å²) in [5.74, 6) is -4.40. The summed E-state index contributed by atoms with van der Waals surface area (Å²) in [5, 5.41) is 2.83. The molecule has 2 aromatic rings. The molecule has 0 bridgehead atoms. The van der Waals surface area contributed by atoms with Gasteiger partial charge in [-0.2, -0.15) is 0 Å². The van der Waals surface area contributed by atoms with E-state index >= 15 is 0 Å². The molecule has 106 valence electrons. The monoisotopic (exact) mass is 283 g/mol. The highest BCUT2D eigenvalue weighted by Gasteiger charge is 2.22. The normalized spacial score (nSPS) is 12.5. The first-order valence-corrected chi connectivity index (χ1v) is 6.02.